The van der Waals surface area contributed by atoms with Gasteiger partial charge in [0.25, 0.3) is 0 Å². The summed E-state index contributed by atoms with van der Waals surface area (Å²) in [6, 6.07) is 11.3. The Labute approximate surface area is 116 Å². The van der Waals surface area contributed by atoms with E-state index in [0.29, 0.717) is 11.4 Å². The van der Waals surface area contributed by atoms with E-state index in [1.54, 1.807) is 25.1 Å². The largest absolute Gasteiger partial charge is 0.497 e. The van der Waals surface area contributed by atoms with Crippen LogP contribution in [0.25, 0.3) is 0 Å². The van der Waals surface area contributed by atoms with Crippen LogP contribution in [0, 0.1) is 5.82 Å². The Morgan fingerprint density at radius 1 is 1.20 bits per heavy atom. The SMILES string of the molecule is COc1cccc(N(C)c2ccc(C(=O)O)c(F)c2)c1. The van der Waals surface area contributed by atoms with Crippen LogP contribution in [0.3, 0.4) is 0 Å². The lowest BCUT2D eigenvalue weighted by Crippen LogP contribution is -2.11. The molecule has 0 radical (unpaired) electrons. The maximum Gasteiger partial charge on any atom is 0.338 e. The highest BCUT2D eigenvalue weighted by Gasteiger charge is 2.13. The number of aromatic carboxylic acids is 1. The fourth-order valence-electron chi connectivity index (χ4n) is 1.85. The van der Waals surface area contributed by atoms with Gasteiger partial charge in [-0.1, -0.05) is 6.07 Å². The molecule has 0 saturated heterocycles. The summed E-state index contributed by atoms with van der Waals surface area (Å²) in [5, 5.41) is 8.81. The Bertz CT molecular complexity index is 643. The summed E-state index contributed by atoms with van der Waals surface area (Å²) in [4.78, 5) is 12.5. The molecule has 0 aromatic heterocycles. The average Bonchev–Trinajstić information content (AvgIpc) is 2.46. The van der Waals surface area contributed by atoms with Crippen LogP contribution >= 0.6 is 0 Å². The van der Waals surface area contributed by atoms with Crippen molar-refractivity contribution >= 4 is 17.3 Å². The molecule has 0 unspecified atom stereocenters. The Balaban J connectivity index is 2.35. The van der Waals surface area contributed by atoms with Gasteiger partial charge < -0.3 is 14.7 Å². The van der Waals surface area contributed by atoms with Crippen molar-refractivity contribution in [2.24, 2.45) is 0 Å². The monoisotopic (exact) mass is 275 g/mol. The summed E-state index contributed by atoms with van der Waals surface area (Å²) in [5.41, 5.74) is 1.03. The Morgan fingerprint density at radius 2 is 1.90 bits per heavy atom. The van der Waals surface area contributed by atoms with Crippen LogP contribution in [0.15, 0.2) is 42.5 Å². The highest BCUT2D eigenvalue weighted by atomic mass is 19.1. The molecule has 2 rings (SSSR count). The van der Waals surface area contributed by atoms with Gasteiger partial charge in [0.05, 0.1) is 12.7 Å². The van der Waals surface area contributed by atoms with Gasteiger partial charge in [-0.3, -0.25) is 0 Å². The first-order valence-corrected chi connectivity index (χ1v) is 5.93. The normalized spacial score (nSPS) is 10.2. The van der Waals surface area contributed by atoms with E-state index in [0.717, 1.165) is 5.69 Å². The lowest BCUT2D eigenvalue weighted by molar-refractivity contribution is 0.0692. The second kappa shape index (κ2) is 5.61. The number of anilines is 2. The lowest BCUT2D eigenvalue weighted by atomic mass is 10.1. The van der Waals surface area contributed by atoms with Gasteiger partial charge >= 0.3 is 5.97 Å². The molecular formula is C15H14FNO3. The number of benzene rings is 2. The minimum Gasteiger partial charge on any atom is -0.497 e. The predicted octanol–water partition coefficient (Wildman–Crippen LogP) is 3.30. The molecule has 0 heterocycles. The minimum atomic E-state index is -1.28. The summed E-state index contributed by atoms with van der Waals surface area (Å²) in [6.07, 6.45) is 0. The van der Waals surface area contributed by atoms with Gasteiger partial charge in [0.2, 0.25) is 0 Å². The quantitative estimate of drug-likeness (QED) is 0.930. The van der Waals surface area contributed by atoms with Crippen LogP contribution in [-0.2, 0) is 0 Å². The molecule has 0 spiro atoms. The second-order valence-electron chi connectivity index (χ2n) is 4.23. The first-order valence-electron chi connectivity index (χ1n) is 5.93. The summed E-state index contributed by atoms with van der Waals surface area (Å²) in [5.74, 6) is -1.35. The van der Waals surface area contributed by atoms with E-state index in [9.17, 15) is 9.18 Å². The fourth-order valence-corrected chi connectivity index (χ4v) is 1.85. The van der Waals surface area contributed by atoms with E-state index in [-0.39, 0.29) is 5.56 Å². The molecule has 20 heavy (non-hydrogen) atoms. The molecule has 4 nitrogen and oxygen atoms in total. The minimum absolute atomic E-state index is 0.340. The summed E-state index contributed by atoms with van der Waals surface area (Å²) < 4.78 is 18.8. The molecule has 0 amide bonds. The third-order valence-corrected chi connectivity index (χ3v) is 3.01. The van der Waals surface area contributed by atoms with E-state index >= 15 is 0 Å². The molecule has 0 atom stereocenters. The molecule has 0 aliphatic heterocycles. The van der Waals surface area contributed by atoms with Crippen molar-refractivity contribution in [1.29, 1.82) is 0 Å². The molecule has 0 aliphatic rings. The number of nitrogens with zero attached hydrogens (tertiary/aromatic N) is 1. The molecule has 1 N–H and O–H groups in total. The topological polar surface area (TPSA) is 49.8 Å². The Morgan fingerprint density at radius 3 is 2.50 bits per heavy atom. The van der Waals surface area contributed by atoms with E-state index in [2.05, 4.69) is 0 Å². The number of methoxy groups -OCH3 is 1. The van der Waals surface area contributed by atoms with Gasteiger partial charge in [-0.05, 0) is 30.3 Å². The maximum absolute atomic E-state index is 13.7. The second-order valence-corrected chi connectivity index (χ2v) is 4.23. The number of carbonyl (C=O) groups is 1. The number of hydrogen-bond donors (Lipinski definition) is 1. The average molecular weight is 275 g/mol. The molecule has 2 aromatic rings. The first kappa shape index (κ1) is 13.9. The van der Waals surface area contributed by atoms with Gasteiger partial charge in [-0.2, -0.15) is 0 Å². The maximum atomic E-state index is 13.7. The standard InChI is InChI=1S/C15H14FNO3/c1-17(10-4-3-5-12(8-10)20-2)11-6-7-13(15(18)19)14(16)9-11/h3-9H,1-2H3,(H,18,19). The van der Waals surface area contributed by atoms with E-state index in [4.69, 9.17) is 9.84 Å². The van der Waals surface area contributed by atoms with Crippen LogP contribution in [0.2, 0.25) is 0 Å². The summed E-state index contributed by atoms with van der Waals surface area (Å²) >= 11 is 0. The smallest absolute Gasteiger partial charge is 0.338 e. The number of rotatable bonds is 4. The number of carboxylic acids is 1. The third-order valence-electron chi connectivity index (χ3n) is 3.01. The van der Waals surface area contributed by atoms with Crippen molar-refractivity contribution in [1.82, 2.24) is 0 Å². The highest BCUT2D eigenvalue weighted by Crippen LogP contribution is 2.27. The Hall–Kier alpha value is -2.56. The van der Waals surface area contributed by atoms with Crippen LogP contribution < -0.4 is 9.64 Å². The molecule has 0 aliphatic carbocycles. The van der Waals surface area contributed by atoms with Crippen LogP contribution in [0.5, 0.6) is 5.75 Å². The number of hydrogen-bond acceptors (Lipinski definition) is 3. The molecule has 0 bridgehead atoms. The zero-order chi connectivity index (χ0) is 14.7. The molecule has 5 heteroatoms. The van der Waals surface area contributed by atoms with E-state index in [1.165, 1.54) is 12.1 Å². The van der Waals surface area contributed by atoms with E-state index in [1.807, 2.05) is 24.3 Å². The number of halogens is 1. The van der Waals surface area contributed by atoms with Gasteiger partial charge in [-0.25, -0.2) is 9.18 Å². The zero-order valence-electron chi connectivity index (χ0n) is 11.1. The van der Waals surface area contributed by atoms with Crippen molar-refractivity contribution in [3.05, 3.63) is 53.8 Å². The highest BCUT2D eigenvalue weighted by molar-refractivity contribution is 5.88. The number of carboxylic acid groups (broad SMARTS) is 1. The van der Waals surface area contributed by atoms with Gasteiger partial charge in [0.15, 0.2) is 0 Å². The zero-order valence-corrected chi connectivity index (χ0v) is 11.1. The molecular weight excluding hydrogens is 261 g/mol. The summed E-state index contributed by atoms with van der Waals surface area (Å²) in [6.45, 7) is 0. The van der Waals surface area contributed by atoms with Crippen LogP contribution in [0.4, 0.5) is 15.8 Å². The lowest BCUT2D eigenvalue weighted by Gasteiger charge is -2.20. The predicted molar refractivity (Wildman–Crippen MR) is 74.4 cm³/mol. The Kier molecular flexibility index (Phi) is 3.89. The fraction of sp³-hybridized carbons (Fsp3) is 0.133. The molecule has 0 saturated carbocycles. The molecule has 0 fully saturated rings. The molecule has 104 valence electrons. The van der Waals surface area contributed by atoms with Crippen molar-refractivity contribution in [3.8, 4) is 5.75 Å². The van der Waals surface area contributed by atoms with Gasteiger partial charge in [-0.15, -0.1) is 0 Å². The van der Waals surface area contributed by atoms with Crippen molar-refractivity contribution in [2.75, 3.05) is 19.1 Å². The van der Waals surface area contributed by atoms with Crippen LogP contribution in [0.1, 0.15) is 10.4 Å². The number of ether oxygens (including phenoxy) is 1. The molecule has 2 aromatic carbocycles. The third kappa shape index (κ3) is 2.71. The van der Waals surface area contributed by atoms with Crippen molar-refractivity contribution in [3.63, 3.8) is 0 Å². The van der Waals surface area contributed by atoms with Crippen LogP contribution in [-0.4, -0.2) is 25.2 Å². The van der Waals surface area contributed by atoms with E-state index < -0.39 is 11.8 Å². The first-order chi connectivity index (χ1) is 9.52. The van der Waals surface area contributed by atoms with Crippen molar-refractivity contribution < 1.29 is 19.0 Å². The van der Waals surface area contributed by atoms with Gasteiger partial charge in [0.1, 0.15) is 11.6 Å². The van der Waals surface area contributed by atoms with Gasteiger partial charge in [0, 0.05) is 24.5 Å². The summed E-state index contributed by atoms with van der Waals surface area (Å²) in [7, 11) is 3.34. The van der Waals surface area contributed by atoms with Crippen molar-refractivity contribution in [2.45, 2.75) is 0 Å².